The standard InChI is InChI=1S/C23H32N6O2/c1-4-30-14-15-31-20-16-18(2)10-11-19(20)17-26-23(24-3)25-12-7-9-22-28-27-21-8-5-6-13-29(21)22/h5-6,8,10-11,13,16H,4,7,9,12,14-15,17H2,1-3H3,(H2,24,25,26). The summed E-state index contributed by atoms with van der Waals surface area (Å²) in [6, 6.07) is 12.1. The third kappa shape index (κ3) is 6.68. The molecule has 0 aliphatic heterocycles. The average molecular weight is 425 g/mol. The van der Waals surface area contributed by atoms with Gasteiger partial charge in [-0.25, -0.2) is 0 Å². The minimum absolute atomic E-state index is 0.536. The van der Waals surface area contributed by atoms with Crippen molar-refractivity contribution in [3.63, 3.8) is 0 Å². The molecular weight excluding hydrogens is 392 g/mol. The van der Waals surface area contributed by atoms with Gasteiger partial charge >= 0.3 is 0 Å². The second kappa shape index (κ2) is 11.9. The van der Waals surface area contributed by atoms with Crippen molar-refractivity contribution >= 4 is 11.6 Å². The van der Waals surface area contributed by atoms with Crippen molar-refractivity contribution in [2.45, 2.75) is 33.2 Å². The lowest BCUT2D eigenvalue weighted by molar-refractivity contribution is 0.110. The molecule has 0 atom stereocenters. The predicted octanol–water partition coefficient (Wildman–Crippen LogP) is 2.75. The van der Waals surface area contributed by atoms with E-state index in [0.29, 0.717) is 26.4 Å². The molecule has 8 heteroatoms. The van der Waals surface area contributed by atoms with Gasteiger partial charge in [0.1, 0.15) is 18.2 Å². The van der Waals surface area contributed by atoms with Crippen molar-refractivity contribution in [1.29, 1.82) is 0 Å². The van der Waals surface area contributed by atoms with Crippen LogP contribution < -0.4 is 15.4 Å². The Balaban J connectivity index is 1.46. The van der Waals surface area contributed by atoms with Gasteiger partial charge < -0.3 is 20.1 Å². The predicted molar refractivity (Wildman–Crippen MR) is 123 cm³/mol. The fraction of sp³-hybridized carbons (Fsp3) is 0.435. The van der Waals surface area contributed by atoms with Crippen molar-refractivity contribution in [2.75, 3.05) is 33.4 Å². The molecule has 31 heavy (non-hydrogen) atoms. The number of fused-ring (bicyclic) bond motifs is 1. The molecule has 0 fully saturated rings. The van der Waals surface area contributed by atoms with Crippen molar-refractivity contribution in [1.82, 2.24) is 25.2 Å². The van der Waals surface area contributed by atoms with Crippen LogP contribution in [-0.2, 0) is 17.7 Å². The highest BCUT2D eigenvalue weighted by molar-refractivity contribution is 5.79. The first-order valence-corrected chi connectivity index (χ1v) is 10.7. The molecule has 0 saturated carbocycles. The maximum atomic E-state index is 5.92. The number of aryl methyl sites for hydroxylation is 2. The van der Waals surface area contributed by atoms with E-state index in [-0.39, 0.29) is 0 Å². The normalized spacial score (nSPS) is 11.6. The van der Waals surface area contributed by atoms with Crippen LogP contribution in [0.3, 0.4) is 0 Å². The zero-order chi connectivity index (χ0) is 21.9. The smallest absolute Gasteiger partial charge is 0.191 e. The zero-order valence-electron chi connectivity index (χ0n) is 18.6. The summed E-state index contributed by atoms with van der Waals surface area (Å²) in [7, 11) is 1.77. The quantitative estimate of drug-likeness (QED) is 0.280. The number of benzene rings is 1. The van der Waals surface area contributed by atoms with Crippen LogP contribution in [0.2, 0.25) is 0 Å². The largest absolute Gasteiger partial charge is 0.491 e. The number of nitrogens with one attached hydrogen (secondary N) is 2. The highest BCUT2D eigenvalue weighted by Gasteiger charge is 2.07. The fourth-order valence-electron chi connectivity index (χ4n) is 3.21. The molecular formula is C23H32N6O2. The number of hydrogen-bond donors (Lipinski definition) is 2. The second-order valence-electron chi connectivity index (χ2n) is 7.16. The molecule has 2 heterocycles. The molecule has 3 aromatic rings. The Labute approximate surface area is 183 Å². The molecule has 2 N–H and O–H groups in total. The Kier molecular flexibility index (Phi) is 8.66. The molecule has 2 aromatic heterocycles. The summed E-state index contributed by atoms with van der Waals surface area (Å²) in [5.74, 6) is 2.60. The summed E-state index contributed by atoms with van der Waals surface area (Å²) in [6.45, 7) is 7.27. The Morgan fingerprint density at radius 3 is 2.87 bits per heavy atom. The third-order valence-electron chi connectivity index (χ3n) is 4.84. The van der Waals surface area contributed by atoms with Gasteiger partial charge in [-0.15, -0.1) is 10.2 Å². The lowest BCUT2D eigenvalue weighted by atomic mass is 10.1. The van der Waals surface area contributed by atoms with Crippen LogP contribution >= 0.6 is 0 Å². The molecule has 0 bridgehead atoms. The molecule has 0 unspecified atom stereocenters. The van der Waals surface area contributed by atoms with E-state index in [9.17, 15) is 0 Å². The molecule has 0 aliphatic carbocycles. The SMILES string of the molecule is CCOCCOc1cc(C)ccc1CNC(=NC)NCCCc1nnc2ccccn12. The summed E-state index contributed by atoms with van der Waals surface area (Å²) in [5.41, 5.74) is 3.12. The van der Waals surface area contributed by atoms with Crippen molar-refractivity contribution in [2.24, 2.45) is 4.99 Å². The fourth-order valence-corrected chi connectivity index (χ4v) is 3.21. The first kappa shape index (κ1) is 22.6. The van der Waals surface area contributed by atoms with Gasteiger partial charge in [0.25, 0.3) is 0 Å². The molecule has 0 saturated heterocycles. The highest BCUT2D eigenvalue weighted by atomic mass is 16.5. The summed E-state index contributed by atoms with van der Waals surface area (Å²) < 4.78 is 13.3. The van der Waals surface area contributed by atoms with Crippen LogP contribution in [0.15, 0.2) is 47.6 Å². The van der Waals surface area contributed by atoms with E-state index in [1.807, 2.05) is 35.7 Å². The summed E-state index contributed by atoms with van der Waals surface area (Å²) in [6.07, 6.45) is 3.76. The Morgan fingerprint density at radius 1 is 1.13 bits per heavy atom. The molecule has 1 aromatic carbocycles. The molecule has 0 aliphatic rings. The topological polar surface area (TPSA) is 85.1 Å². The molecule has 0 spiro atoms. The zero-order valence-corrected chi connectivity index (χ0v) is 18.6. The molecule has 166 valence electrons. The van der Waals surface area contributed by atoms with Gasteiger partial charge in [0.2, 0.25) is 0 Å². The van der Waals surface area contributed by atoms with Gasteiger partial charge in [-0.05, 0) is 44.0 Å². The second-order valence-corrected chi connectivity index (χ2v) is 7.16. The van der Waals surface area contributed by atoms with Gasteiger partial charge in [0.15, 0.2) is 11.6 Å². The number of guanidine groups is 1. The lowest BCUT2D eigenvalue weighted by Gasteiger charge is -2.15. The Morgan fingerprint density at radius 2 is 2.03 bits per heavy atom. The minimum Gasteiger partial charge on any atom is -0.491 e. The van der Waals surface area contributed by atoms with Crippen LogP contribution in [0.25, 0.3) is 5.65 Å². The van der Waals surface area contributed by atoms with Crippen LogP contribution in [0.1, 0.15) is 30.3 Å². The number of pyridine rings is 1. The van der Waals surface area contributed by atoms with Crippen LogP contribution in [0.5, 0.6) is 5.75 Å². The van der Waals surface area contributed by atoms with E-state index in [0.717, 1.165) is 48.1 Å². The van der Waals surface area contributed by atoms with Gasteiger partial charge in [-0.3, -0.25) is 9.39 Å². The average Bonchev–Trinajstić information content (AvgIpc) is 3.20. The lowest BCUT2D eigenvalue weighted by Crippen LogP contribution is -2.37. The van der Waals surface area contributed by atoms with E-state index < -0.39 is 0 Å². The first-order valence-electron chi connectivity index (χ1n) is 10.7. The number of aliphatic imine (C=N–C) groups is 1. The monoisotopic (exact) mass is 424 g/mol. The number of nitrogens with zero attached hydrogens (tertiary/aromatic N) is 4. The number of rotatable bonds is 11. The maximum absolute atomic E-state index is 5.92. The van der Waals surface area contributed by atoms with Gasteiger partial charge in [-0.2, -0.15) is 0 Å². The van der Waals surface area contributed by atoms with Crippen LogP contribution in [0, 0.1) is 6.92 Å². The minimum atomic E-state index is 0.536. The van der Waals surface area contributed by atoms with Crippen LogP contribution in [0.4, 0.5) is 0 Å². The summed E-state index contributed by atoms with van der Waals surface area (Å²) >= 11 is 0. The van der Waals surface area contributed by atoms with E-state index >= 15 is 0 Å². The highest BCUT2D eigenvalue weighted by Crippen LogP contribution is 2.20. The van der Waals surface area contributed by atoms with E-state index in [2.05, 4.69) is 50.9 Å². The van der Waals surface area contributed by atoms with Gasteiger partial charge in [0.05, 0.1) is 6.61 Å². The van der Waals surface area contributed by atoms with Crippen molar-refractivity contribution in [3.05, 3.63) is 59.5 Å². The van der Waals surface area contributed by atoms with Gasteiger partial charge in [0, 0.05) is 44.9 Å². The van der Waals surface area contributed by atoms with Crippen molar-refractivity contribution in [3.8, 4) is 5.75 Å². The number of ether oxygens (including phenoxy) is 2. The molecule has 0 amide bonds. The number of aromatic nitrogens is 3. The maximum Gasteiger partial charge on any atom is 0.191 e. The number of hydrogen-bond acceptors (Lipinski definition) is 5. The van der Waals surface area contributed by atoms with E-state index in [1.54, 1.807) is 7.05 Å². The first-order chi connectivity index (χ1) is 15.2. The van der Waals surface area contributed by atoms with Gasteiger partial charge in [-0.1, -0.05) is 18.2 Å². The summed E-state index contributed by atoms with van der Waals surface area (Å²) in [5, 5.41) is 15.2. The Bertz CT molecular complexity index is 985. The van der Waals surface area contributed by atoms with E-state index in [4.69, 9.17) is 9.47 Å². The van der Waals surface area contributed by atoms with Crippen LogP contribution in [-0.4, -0.2) is 54.0 Å². The molecule has 3 rings (SSSR count). The third-order valence-corrected chi connectivity index (χ3v) is 4.84. The molecule has 0 radical (unpaired) electrons. The van der Waals surface area contributed by atoms with E-state index in [1.165, 1.54) is 5.56 Å². The molecule has 8 nitrogen and oxygen atoms in total. The summed E-state index contributed by atoms with van der Waals surface area (Å²) in [4.78, 5) is 4.32. The Hall–Kier alpha value is -3.13. The van der Waals surface area contributed by atoms with Crippen molar-refractivity contribution < 1.29 is 9.47 Å².